The molecule has 0 bridgehead atoms. The molecule has 1 aromatic carbocycles. The Hall–Kier alpha value is -2.03. The summed E-state index contributed by atoms with van der Waals surface area (Å²) >= 11 is 0. The molecule has 3 rings (SSSR count). The lowest BCUT2D eigenvalue weighted by Gasteiger charge is -2.24. The van der Waals surface area contributed by atoms with E-state index >= 15 is 0 Å². The number of hydrogen-bond acceptors (Lipinski definition) is 3. The van der Waals surface area contributed by atoms with E-state index in [0.717, 1.165) is 34.8 Å². The summed E-state index contributed by atoms with van der Waals surface area (Å²) in [6, 6.07) is 7.87. The van der Waals surface area contributed by atoms with E-state index in [9.17, 15) is 0 Å². The molecule has 110 valence electrons. The van der Waals surface area contributed by atoms with Gasteiger partial charge in [-0.1, -0.05) is 32.1 Å². The molecule has 4 N–H and O–H groups in total. The predicted molar refractivity (Wildman–Crippen MR) is 88.8 cm³/mol. The lowest BCUT2D eigenvalue weighted by atomic mass is 9.82. The zero-order valence-corrected chi connectivity index (χ0v) is 12.4. The van der Waals surface area contributed by atoms with E-state index in [1.165, 1.54) is 37.7 Å². The Kier molecular flexibility index (Phi) is 4.09. The molecule has 1 aliphatic rings. The molecule has 0 aliphatic heterocycles. The highest BCUT2D eigenvalue weighted by molar-refractivity contribution is 5.83. The van der Waals surface area contributed by atoms with Crippen molar-refractivity contribution in [3.63, 3.8) is 0 Å². The van der Waals surface area contributed by atoms with Crippen LogP contribution in [0.4, 0.5) is 11.4 Å². The summed E-state index contributed by atoms with van der Waals surface area (Å²) in [5, 5.41) is 0. The van der Waals surface area contributed by atoms with Crippen molar-refractivity contribution in [1.82, 2.24) is 4.98 Å². The Bertz CT molecular complexity index is 601. The monoisotopic (exact) mass is 281 g/mol. The standard InChI is InChI=1S/C18H23N3/c19-16-6-7-17(20)18(14-8-10-21-11-9-14)15(16)12-13-4-2-1-3-5-13/h6-11,13H,1-5,12,19-20H2. The van der Waals surface area contributed by atoms with Gasteiger partial charge < -0.3 is 11.5 Å². The molecule has 0 radical (unpaired) electrons. The van der Waals surface area contributed by atoms with E-state index in [4.69, 9.17) is 11.5 Å². The molecule has 2 aromatic rings. The number of benzene rings is 1. The van der Waals surface area contributed by atoms with Gasteiger partial charge in [-0.05, 0) is 47.7 Å². The first-order valence-electron chi connectivity index (χ1n) is 7.83. The minimum absolute atomic E-state index is 0.739. The normalized spacial score (nSPS) is 16.0. The number of nitrogens with two attached hydrogens (primary N) is 2. The van der Waals surface area contributed by atoms with Crippen LogP contribution in [0.1, 0.15) is 37.7 Å². The van der Waals surface area contributed by atoms with Crippen molar-refractivity contribution in [2.45, 2.75) is 38.5 Å². The molecule has 1 heterocycles. The maximum atomic E-state index is 6.27. The van der Waals surface area contributed by atoms with Crippen LogP contribution in [0.5, 0.6) is 0 Å². The Morgan fingerprint density at radius 1 is 0.905 bits per heavy atom. The molecule has 1 aliphatic carbocycles. The first-order chi connectivity index (χ1) is 10.3. The van der Waals surface area contributed by atoms with Crippen molar-refractivity contribution in [3.8, 4) is 11.1 Å². The molecule has 0 spiro atoms. The number of pyridine rings is 1. The second kappa shape index (κ2) is 6.17. The lowest BCUT2D eigenvalue weighted by molar-refractivity contribution is 0.357. The average molecular weight is 281 g/mol. The molecule has 3 heteroatoms. The van der Waals surface area contributed by atoms with Crippen LogP contribution in [0.25, 0.3) is 11.1 Å². The number of anilines is 2. The van der Waals surface area contributed by atoms with Crippen LogP contribution in [-0.2, 0) is 6.42 Å². The van der Waals surface area contributed by atoms with Gasteiger partial charge in [-0.2, -0.15) is 0 Å². The molecule has 0 amide bonds. The summed E-state index contributed by atoms with van der Waals surface area (Å²) in [6.07, 6.45) is 11.3. The third kappa shape index (κ3) is 3.02. The van der Waals surface area contributed by atoms with Gasteiger partial charge >= 0.3 is 0 Å². The van der Waals surface area contributed by atoms with Crippen LogP contribution in [-0.4, -0.2) is 4.98 Å². The molecular weight excluding hydrogens is 258 g/mol. The fraction of sp³-hybridized carbons (Fsp3) is 0.389. The van der Waals surface area contributed by atoms with E-state index in [0.29, 0.717) is 0 Å². The van der Waals surface area contributed by atoms with Gasteiger partial charge in [-0.3, -0.25) is 4.98 Å². The molecule has 1 fully saturated rings. The molecule has 0 atom stereocenters. The minimum atomic E-state index is 0.739. The molecule has 3 nitrogen and oxygen atoms in total. The lowest BCUT2D eigenvalue weighted by Crippen LogP contribution is -2.12. The third-order valence-corrected chi connectivity index (χ3v) is 4.57. The number of rotatable bonds is 3. The Labute approximate surface area is 126 Å². The number of nitrogens with zero attached hydrogens (tertiary/aromatic N) is 1. The molecule has 1 saturated carbocycles. The molecule has 21 heavy (non-hydrogen) atoms. The fourth-order valence-electron chi connectivity index (χ4n) is 3.44. The van der Waals surface area contributed by atoms with Crippen LogP contribution < -0.4 is 11.5 Å². The Morgan fingerprint density at radius 2 is 1.57 bits per heavy atom. The van der Waals surface area contributed by atoms with Gasteiger partial charge in [-0.25, -0.2) is 0 Å². The van der Waals surface area contributed by atoms with Gasteiger partial charge in [0, 0.05) is 29.3 Å². The van der Waals surface area contributed by atoms with Gasteiger partial charge in [0.25, 0.3) is 0 Å². The number of aromatic nitrogens is 1. The molecule has 0 saturated heterocycles. The van der Waals surface area contributed by atoms with E-state index in [-0.39, 0.29) is 0 Å². The van der Waals surface area contributed by atoms with Crippen molar-refractivity contribution in [3.05, 3.63) is 42.2 Å². The van der Waals surface area contributed by atoms with E-state index in [1.54, 1.807) is 0 Å². The summed E-state index contributed by atoms with van der Waals surface area (Å²) in [5.74, 6) is 0.739. The molecule has 0 unspecified atom stereocenters. The SMILES string of the molecule is Nc1ccc(N)c(-c2ccncc2)c1CC1CCCCC1. The molecule has 1 aromatic heterocycles. The predicted octanol–water partition coefficient (Wildman–Crippen LogP) is 4.04. The highest BCUT2D eigenvalue weighted by Gasteiger charge is 2.19. The van der Waals surface area contributed by atoms with Crippen LogP contribution in [0.3, 0.4) is 0 Å². The first-order valence-corrected chi connectivity index (χ1v) is 7.83. The van der Waals surface area contributed by atoms with Crippen LogP contribution in [0.15, 0.2) is 36.7 Å². The fourth-order valence-corrected chi connectivity index (χ4v) is 3.44. The second-order valence-electron chi connectivity index (χ2n) is 6.04. The summed E-state index contributed by atoms with van der Waals surface area (Å²) in [5.41, 5.74) is 17.6. The topological polar surface area (TPSA) is 64.9 Å². The first kappa shape index (κ1) is 13.9. The minimum Gasteiger partial charge on any atom is -0.398 e. The summed E-state index contributed by atoms with van der Waals surface area (Å²) in [6.45, 7) is 0. The van der Waals surface area contributed by atoms with Gasteiger partial charge in [-0.15, -0.1) is 0 Å². The molecular formula is C18H23N3. The smallest absolute Gasteiger partial charge is 0.0398 e. The summed E-state index contributed by atoms with van der Waals surface area (Å²) < 4.78 is 0. The maximum absolute atomic E-state index is 6.27. The number of nitrogen functional groups attached to an aromatic ring is 2. The van der Waals surface area contributed by atoms with Crippen molar-refractivity contribution in [2.75, 3.05) is 11.5 Å². The van der Waals surface area contributed by atoms with Gasteiger partial charge in [0.05, 0.1) is 0 Å². The van der Waals surface area contributed by atoms with Gasteiger partial charge in [0.1, 0.15) is 0 Å². The van der Waals surface area contributed by atoms with Crippen LogP contribution in [0, 0.1) is 5.92 Å². The summed E-state index contributed by atoms with van der Waals surface area (Å²) in [7, 11) is 0. The third-order valence-electron chi connectivity index (χ3n) is 4.57. The van der Waals surface area contributed by atoms with Gasteiger partial charge in [0.2, 0.25) is 0 Å². The van der Waals surface area contributed by atoms with Crippen molar-refractivity contribution in [2.24, 2.45) is 5.92 Å². The Morgan fingerprint density at radius 3 is 2.29 bits per heavy atom. The number of hydrogen-bond donors (Lipinski definition) is 2. The highest BCUT2D eigenvalue weighted by Crippen LogP contribution is 2.37. The van der Waals surface area contributed by atoms with Crippen molar-refractivity contribution in [1.29, 1.82) is 0 Å². The second-order valence-corrected chi connectivity index (χ2v) is 6.04. The van der Waals surface area contributed by atoms with E-state index in [2.05, 4.69) is 4.98 Å². The van der Waals surface area contributed by atoms with E-state index in [1.807, 2.05) is 36.7 Å². The van der Waals surface area contributed by atoms with Crippen molar-refractivity contribution >= 4 is 11.4 Å². The summed E-state index contributed by atoms with van der Waals surface area (Å²) in [4.78, 5) is 4.10. The zero-order valence-electron chi connectivity index (χ0n) is 12.4. The quantitative estimate of drug-likeness (QED) is 0.835. The van der Waals surface area contributed by atoms with Crippen molar-refractivity contribution < 1.29 is 0 Å². The highest BCUT2D eigenvalue weighted by atomic mass is 14.6. The Balaban J connectivity index is 2.00. The zero-order chi connectivity index (χ0) is 14.7. The largest absolute Gasteiger partial charge is 0.398 e. The van der Waals surface area contributed by atoms with E-state index < -0.39 is 0 Å². The van der Waals surface area contributed by atoms with Gasteiger partial charge in [0.15, 0.2) is 0 Å². The van der Waals surface area contributed by atoms with Crippen LogP contribution >= 0.6 is 0 Å². The average Bonchev–Trinajstić information content (AvgIpc) is 2.53. The maximum Gasteiger partial charge on any atom is 0.0398 e. The van der Waals surface area contributed by atoms with Crippen LogP contribution in [0.2, 0.25) is 0 Å².